The van der Waals surface area contributed by atoms with Gasteiger partial charge in [-0.2, -0.15) is 0 Å². The zero-order valence-corrected chi connectivity index (χ0v) is 11.4. The van der Waals surface area contributed by atoms with E-state index < -0.39 is 5.97 Å². The lowest BCUT2D eigenvalue weighted by atomic mass is 9.72. The number of anilines is 1. The summed E-state index contributed by atoms with van der Waals surface area (Å²) in [5.41, 5.74) is 7.44. The number of hydrogen-bond acceptors (Lipinski definition) is 3. The van der Waals surface area contributed by atoms with Gasteiger partial charge in [0.1, 0.15) is 5.00 Å². The highest BCUT2D eigenvalue weighted by Gasteiger charge is 2.32. The maximum Gasteiger partial charge on any atom is 0.338 e. The molecule has 4 heteroatoms. The van der Waals surface area contributed by atoms with Crippen LogP contribution in [0.2, 0.25) is 0 Å². The molecule has 1 aliphatic carbocycles. The number of aromatic carboxylic acids is 1. The number of carboxylic acids is 1. The van der Waals surface area contributed by atoms with Crippen LogP contribution in [-0.4, -0.2) is 11.1 Å². The first kappa shape index (κ1) is 12.4. The molecule has 0 fully saturated rings. The van der Waals surface area contributed by atoms with Gasteiger partial charge in [0.2, 0.25) is 0 Å². The van der Waals surface area contributed by atoms with Gasteiger partial charge in [0.15, 0.2) is 0 Å². The fourth-order valence-corrected chi connectivity index (χ4v) is 3.77. The van der Waals surface area contributed by atoms with E-state index in [1.54, 1.807) is 0 Å². The van der Waals surface area contributed by atoms with Gasteiger partial charge in [0, 0.05) is 4.88 Å². The molecule has 3 nitrogen and oxygen atoms in total. The van der Waals surface area contributed by atoms with Crippen LogP contribution in [0.15, 0.2) is 0 Å². The minimum Gasteiger partial charge on any atom is -0.478 e. The average Bonchev–Trinajstić information content (AvgIpc) is 2.50. The highest BCUT2D eigenvalue weighted by molar-refractivity contribution is 7.16. The monoisotopic (exact) mass is 253 g/mol. The number of thiophene rings is 1. The van der Waals surface area contributed by atoms with Crippen molar-refractivity contribution in [1.82, 2.24) is 0 Å². The largest absolute Gasteiger partial charge is 0.478 e. The minimum atomic E-state index is -0.880. The summed E-state index contributed by atoms with van der Waals surface area (Å²) in [4.78, 5) is 12.3. The van der Waals surface area contributed by atoms with Gasteiger partial charge in [-0.05, 0) is 36.2 Å². The Morgan fingerprint density at radius 3 is 2.65 bits per heavy atom. The van der Waals surface area contributed by atoms with Gasteiger partial charge >= 0.3 is 5.97 Å². The van der Waals surface area contributed by atoms with Crippen LogP contribution >= 0.6 is 11.3 Å². The molecule has 17 heavy (non-hydrogen) atoms. The van der Waals surface area contributed by atoms with E-state index in [1.807, 2.05) is 0 Å². The Morgan fingerprint density at radius 1 is 1.47 bits per heavy atom. The molecule has 1 atom stereocenters. The van der Waals surface area contributed by atoms with Gasteiger partial charge in [-0.15, -0.1) is 11.3 Å². The van der Waals surface area contributed by atoms with Crippen LogP contribution in [0, 0.1) is 11.3 Å². The number of fused-ring (bicyclic) bond motifs is 1. The fraction of sp³-hybridized carbons (Fsp3) is 0.615. The molecule has 0 saturated carbocycles. The second-order valence-electron chi connectivity index (χ2n) is 5.85. The van der Waals surface area contributed by atoms with Crippen molar-refractivity contribution in [2.75, 3.05) is 5.73 Å². The molecule has 0 saturated heterocycles. The standard InChI is InChI=1S/C13H19NO2S/c1-13(2,3)7-4-5-8-9(6-7)17-11(14)10(8)12(15)16/h7H,4-6,14H2,1-3H3,(H,15,16). The molecule has 94 valence electrons. The molecule has 1 aliphatic rings. The second-order valence-corrected chi connectivity index (χ2v) is 6.99. The SMILES string of the molecule is CC(C)(C)C1CCc2c(sc(N)c2C(=O)O)C1. The Hall–Kier alpha value is -1.03. The van der Waals surface area contributed by atoms with Gasteiger partial charge in [-0.1, -0.05) is 20.8 Å². The maximum atomic E-state index is 11.2. The third kappa shape index (κ3) is 2.18. The predicted molar refractivity (Wildman–Crippen MR) is 70.7 cm³/mol. The maximum absolute atomic E-state index is 11.2. The molecule has 0 spiro atoms. The number of nitrogen functional groups attached to an aromatic ring is 1. The molecule has 0 aromatic carbocycles. The highest BCUT2D eigenvalue weighted by atomic mass is 32.1. The lowest BCUT2D eigenvalue weighted by molar-refractivity contribution is 0.0696. The Morgan fingerprint density at radius 2 is 2.12 bits per heavy atom. The smallest absolute Gasteiger partial charge is 0.338 e. The van der Waals surface area contributed by atoms with Crippen LogP contribution in [0.4, 0.5) is 5.00 Å². The van der Waals surface area contributed by atoms with Crippen LogP contribution in [0.1, 0.15) is 48.0 Å². The van der Waals surface area contributed by atoms with Crippen molar-refractivity contribution >= 4 is 22.3 Å². The molecule has 1 unspecified atom stereocenters. The van der Waals surface area contributed by atoms with E-state index in [0.717, 1.165) is 24.8 Å². The molecule has 3 N–H and O–H groups in total. The lowest BCUT2D eigenvalue weighted by Crippen LogP contribution is -2.26. The zero-order valence-electron chi connectivity index (χ0n) is 10.5. The number of rotatable bonds is 1. The van der Waals surface area contributed by atoms with E-state index in [0.29, 0.717) is 16.5 Å². The summed E-state index contributed by atoms with van der Waals surface area (Å²) in [6, 6.07) is 0. The third-order valence-electron chi connectivity index (χ3n) is 3.73. The number of carbonyl (C=O) groups is 1. The normalized spacial score (nSPS) is 20.1. The topological polar surface area (TPSA) is 63.3 Å². The van der Waals surface area contributed by atoms with E-state index in [4.69, 9.17) is 10.8 Å². The van der Waals surface area contributed by atoms with Gasteiger partial charge in [0.25, 0.3) is 0 Å². The molecule has 1 aromatic heterocycles. The first-order chi connectivity index (χ1) is 7.80. The summed E-state index contributed by atoms with van der Waals surface area (Å²) in [7, 11) is 0. The molecular weight excluding hydrogens is 234 g/mol. The minimum absolute atomic E-state index is 0.278. The number of carboxylic acid groups (broad SMARTS) is 1. The summed E-state index contributed by atoms with van der Waals surface area (Å²) < 4.78 is 0. The average molecular weight is 253 g/mol. The van der Waals surface area contributed by atoms with E-state index in [2.05, 4.69) is 20.8 Å². The van der Waals surface area contributed by atoms with Crippen LogP contribution in [0.25, 0.3) is 0 Å². The van der Waals surface area contributed by atoms with Crippen LogP contribution < -0.4 is 5.73 Å². The Kier molecular flexibility index (Phi) is 2.94. The summed E-state index contributed by atoms with van der Waals surface area (Å²) >= 11 is 1.46. The Labute approximate surface area is 106 Å². The second kappa shape index (κ2) is 4.02. The van der Waals surface area contributed by atoms with E-state index in [-0.39, 0.29) is 5.41 Å². The van der Waals surface area contributed by atoms with Gasteiger partial charge in [0.05, 0.1) is 5.56 Å². The summed E-state index contributed by atoms with van der Waals surface area (Å²) in [6.45, 7) is 6.74. The van der Waals surface area contributed by atoms with Crippen molar-refractivity contribution in [2.24, 2.45) is 11.3 Å². The third-order valence-corrected chi connectivity index (χ3v) is 4.81. The van der Waals surface area contributed by atoms with Crippen LogP contribution in [-0.2, 0) is 12.8 Å². The lowest BCUT2D eigenvalue weighted by Gasteiger charge is -2.33. The van der Waals surface area contributed by atoms with Crippen molar-refractivity contribution in [3.8, 4) is 0 Å². The molecular formula is C13H19NO2S. The van der Waals surface area contributed by atoms with Gasteiger partial charge in [-0.25, -0.2) is 4.79 Å². The number of hydrogen-bond donors (Lipinski definition) is 2. The molecule has 0 aliphatic heterocycles. The zero-order chi connectivity index (χ0) is 12.8. The van der Waals surface area contributed by atoms with Crippen molar-refractivity contribution < 1.29 is 9.90 Å². The fourth-order valence-electron chi connectivity index (χ4n) is 2.58. The van der Waals surface area contributed by atoms with E-state index in [1.165, 1.54) is 16.2 Å². The van der Waals surface area contributed by atoms with Gasteiger partial charge in [-0.3, -0.25) is 0 Å². The van der Waals surface area contributed by atoms with Crippen molar-refractivity contribution in [2.45, 2.75) is 40.0 Å². The Balaban J connectivity index is 2.35. The summed E-state index contributed by atoms with van der Waals surface area (Å²) in [5, 5.41) is 9.63. The molecule has 1 aromatic rings. The first-order valence-corrected chi connectivity index (χ1v) is 6.75. The number of nitrogens with two attached hydrogens (primary N) is 1. The van der Waals surface area contributed by atoms with Crippen LogP contribution in [0.3, 0.4) is 0 Å². The molecule has 1 heterocycles. The van der Waals surface area contributed by atoms with Gasteiger partial charge < -0.3 is 10.8 Å². The molecule has 0 bridgehead atoms. The predicted octanol–water partition coefficient (Wildman–Crippen LogP) is 3.18. The van der Waals surface area contributed by atoms with E-state index in [9.17, 15) is 4.79 Å². The Bertz CT molecular complexity index is 457. The van der Waals surface area contributed by atoms with Crippen molar-refractivity contribution in [3.05, 3.63) is 16.0 Å². The molecule has 0 amide bonds. The quantitative estimate of drug-likeness (QED) is 0.808. The summed E-state index contributed by atoms with van der Waals surface area (Å²) in [5.74, 6) is -0.260. The van der Waals surface area contributed by atoms with Crippen molar-refractivity contribution in [1.29, 1.82) is 0 Å². The van der Waals surface area contributed by atoms with E-state index >= 15 is 0 Å². The highest BCUT2D eigenvalue weighted by Crippen LogP contribution is 2.43. The molecule has 2 rings (SSSR count). The van der Waals surface area contributed by atoms with Crippen molar-refractivity contribution in [3.63, 3.8) is 0 Å². The molecule has 0 radical (unpaired) electrons. The first-order valence-electron chi connectivity index (χ1n) is 5.94. The summed E-state index contributed by atoms with van der Waals surface area (Å²) in [6.07, 6.45) is 2.89. The van der Waals surface area contributed by atoms with Crippen LogP contribution in [0.5, 0.6) is 0 Å².